The first-order chi connectivity index (χ1) is 7.33. The van der Waals surface area contributed by atoms with Gasteiger partial charge in [-0.1, -0.05) is 0 Å². The van der Waals surface area contributed by atoms with Gasteiger partial charge in [0.25, 0.3) is 0 Å². The fourth-order valence-electron chi connectivity index (χ4n) is 2.12. The van der Waals surface area contributed by atoms with Crippen molar-refractivity contribution in [1.29, 1.82) is 0 Å². The molecule has 4 heteroatoms. The number of hydrogen-bond donors (Lipinski definition) is 0. The Labute approximate surface area is 94.5 Å². The lowest BCUT2D eigenvalue weighted by Crippen LogP contribution is -2.19. The third-order valence-corrected chi connectivity index (χ3v) is 3.30. The maximum Gasteiger partial charge on any atom is 0.224 e. The number of aromatic nitrogens is 2. The quantitative estimate of drug-likeness (QED) is 0.722. The molecular formula is C11H14ClN3. The minimum Gasteiger partial charge on any atom is -0.356 e. The van der Waals surface area contributed by atoms with Crippen molar-refractivity contribution in [1.82, 2.24) is 9.97 Å². The van der Waals surface area contributed by atoms with Crippen molar-refractivity contribution in [2.75, 3.05) is 18.0 Å². The first-order valence-electron chi connectivity index (χ1n) is 5.62. The molecule has 2 heterocycles. The van der Waals surface area contributed by atoms with E-state index >= 15 is 0 Å². The highest BCUT2D eigenvalue weighted by Crippen LogP contribution is 2.40. The summed E-state index contributed by atoms with van der Waals surface area (Å²) in [5.74, 6) is 1.67. The molecule has 1 saturated carbocycles. The van der Waals surface area contributed by atoms with Gasteiger partial charge in [-0.15, -0.1) is 0 Å². The summed E-state index contributed by atoms with van der Waals surface area (Å²) in [7, 11) is 0. The van der Waals surface area contributed by atoms with E-state index in [0.717, 1.165) is 24.6 Å². The van der Waals surface area contributed by atoms with Gasteiger partial charge in [0.2, 0.25) is 5.28 Å². The minimum atomic E-state index is 0.404. The van der Waals surface area contributed by atoms with Crippen molar-refractivity contribution in [3.63, 3.8) is 0 Å². The van der Waals surface area contributed by atoms with Crippen LogP contribution < -0.4 is 4.90 Å². The largest absolute Gasteiger partial charge is 0.356 e. The predicted octanol–water partition coefficient (Wildman–Crippen LogP) is 2.61. The summed E-state index contributed by atoms with van der Waals surface area (Å²) in [4.78, 5) is 10.9. The molecule has 3 nitrogen and oxygen atoms in total. The van der Waals surface area contributed by atoms with Crippen LogP contribution in [-0.2, 0) is 0 Å². The Balaban J connectivity index is 1.91. The van der Waals surface area contributed by atoms with Crippen molar-refractivity contribution in [2.24, 2.45) is 0 Å². The molecule has 1 aliphatic carbocycles. The summed E-state index contributed by atoms with van der Waals surface area (Å²) in [6, 6.07) is 2.12. The molecule has 0 unspecified atom stereocenters. The summed E-state index contributed by atoms with van der Waals surface area (Å²) in [6.07, 6.45) is 5.04. The van der Waals surface area contributed by atoms with Crippen LogP contribution in [-0.4, -0.2) is 23.1 Å². The first kappa shape index (κ1) is 9.40. The SMILES string of the molecule is Clc1nc(C2CC2)cc(N2CCCC2)n1. The lowest BCUT2D eigenvalue weighted by atomic mass is 10.3. The molecule has 1 saturated heterocycles. The van der Waals surface area contributed by atoms with Gasteiger partial charge in [-0.25, -0.2) is 9.97 Å². The van der Waals surface area contributed by atoms with E-state index < -0.39 is 0 Å². The Hall–Kier alpha value is -0.830. The maximum atomic E-state index is 5.95. The first-order valence-corrected chi connectivity index (χ1v) is 6.00. The molecule has 0 bridgehead atoms. The topological polar surface area (TPSA) is 29.0 Å². The van der Waals surface area contributed by atoms with Crippen LogP contribution in [0.3, 0.4) is 0 Å². The number of anilines is 1. The van der Waals surface area contributed by atoms with Gasteiger partial charge in [-0.05, 0) is 37.3 Å². The second kappa shape index (κ2) is 3.63. The van der Waals surface area contributed by atoms with Gasteiger partial charge in [0, 0.05) is 25.1 Å². The molecule has 1 aromatic rings. The zero-order valence-electron chi connectivity index (χ0n) is 8.62. The molecular weight excluding hydrogens is 210 g/mol. The zero-order chi connectivity index (χ0) is 10.3. The summed E-state index contributed by atoms with van der Waals surface area (Å²) >= 11 is 5.95. The molecule has 0 spiro atoms. The van der Waals surface area contributed by atoms with Crippen LogP contribution in [0.5, 0.6) is 0 Å². The van der Waals surface area contributed by atoms with E-state index in [9.17, 15) is 0 Å². The van der Waals surface area contributed by atoms with Gasteiger partial charge < -0.3 is 4.90 Å². The van der Waals surface area contributed by atoms with Gasteiger partial charge in [0.05, 0.1) is 5.69 Å². The molecule has 0 atom stereocenters. The third-order valence-electron chi connectivity index (χ3n) is 3.13. The molecule has 15 heavy (non-hydrogen) atoms. The van der Waals surface area contributed by atoms with Crippen molar-refractivity contribution in [3.05, 3.63) is 17.0 Å². The predicted molar refractivity (Wildman–Crippen MR) is 60.5 cm³/mol. The molecule has 3 rings (SSSR count). The molecule has 80 valence electrons. The van der Waals surface area contributed by atoms with E-state index in [0.29, 0.717) is 11.2 Å². The lowest BCUT2D eigenvalue weighted by Gasteiger charge is -2.16. The average molecular weight is 224 g/mol. The Morgan fingerprint density at radius 3 is 2.60 bits per heavy atom. The van der Waals surface area contributed by atoms with Crippen LogP contribution in [0.1, 0.15) is 37.3 Å². The smallest absolute Gasteiger partial charge is 0.224 e. The third kappa shape index (κ3) is 1.93. The van der Waals surface area contributed by atoms with Crippen LogP contribution in [0.2, 0.25) is 5.28 Å². The summed E-state index contributed by atoms with van der Waals surface area (Å²) in [6.45, 7) is 2.22. The highest BCUT2D eigenvalue weighted by atomic mass is 35.5. The summed E-state index contributed by atoms with van der Waals surface area (Å²) in [5.41, 5.74) is 1.14. The summed E-state index contributed by atoms with van der Waals surface area (Å²) < 4.78 is 0. The second-order valence-corrected chi connectivity index (χ2v) is 4.73. The van der Waals surface area contributed by atoms with E-state index in [-0.39, 0.29) is 0 Å². The van der Waals surface area contributed by atoms with Crippen molar-refractivity contribution in [3.8, 4) is 0 Å². The average Bonchev–Trinajstić information content (AvgIpc) is 2.93. The maximum absolute atomic E-state index is 5.95. The van der Waals surface area contributed by atoms with Crippen molar-refractivity contribution >= 4 is 17.4 Å². The standard InChI is InChI=1S/C11H14ClN3/c12-11-13-9(8-3-4-8)7-10(14-11)15-5-1-2-6-15/h7-8H,1-6H2. The Morgan fingerprint density at radius 1 is 1.20 bits per heavy atom. The van der Waals surface area contributed by atoms with Crippen LogP contribution in [0.15, 0.2) is 6.07 Å². The van der Waals surface area contributed by atoms with Crippen LogP contribution in [0, 0.1) is 0 Å². The normalized spacial score (nSPS) is 21.0. The van der Waals surface area contributed by atoms with Gasteiger partial charge in [0.15, 0.2) is 0 Å². The Bertz CT molecular complexity index is 370. The van der Waals surface area contributed by atoms with Gasteiger partial charge in [-0.2, -0.15) is 0 Å². The molecule has 1 aliphatic heterocycles. The monoisotopic (exact) mass is 223 g/mol. The van der Waals surface area contributed by atoms with Gasteiger partial charge >= 0.3 is 0 Å². The highest BCUT2D eigenvalue weighted by Gasteiger charge is 2.27. The minimum absolute atomic E-state index is 0.404. The van der Waals surface area contributed by atoms with E-state index in [1.807, 2.05) is 0 Å². The van der Waals surface area contributed by atoms with Gasteiger partial charge in [-0.3, -0.25) is 0 Å². The van der Waals surface area contributed by atoms with Crippen LogP contribution in [0.4, 0.5) is 5.82 Å². The number of rotatable bonds is 2. The molecule has 1 aromatic heterocycles. The molecule has 0 radical (unpaired) electrons. The van der Waals surface area contributed by atoms with Gasteiger partial charge in [0.1, 0.15) is 5.82 Å². The highest BCUT2D eigenvalue weighted by molar-refractivity contribution is 6.28. The number of nitrogens with zero attached hydrogens (tertiary/aromatic N) is 3. The van der Waals surface area contributed by atoms with E-state index in [1.165, 1.54) is 25.7 Å². The molecule has 0 N–H and O–H groups in total. The van der Waals surface area contributed by atoms with E-state index in [1.54, 1.807) is 0 Å². The van der Waals surface area contributed by atoms with E-state index in [2.05, 4.69) is 20.9 Å². The van der Waals surface area contributed by atoms with Crippen molar-refractivity contribution in [2.45, 2.75) is 31.6 Å². The van der Waals surface area contributed by atoms with Crippen LogP contribution in [0.25, 0.3) is 0 Å². The molecule has 2 aliphatic rings. The Kier molecular flexibility index (Phi) is 2.28. The van der Waals surface area contributed by atoms with E-state index in [4.69, 9.17) is 11.6 Å². The molecule has 2 fully saturated rings. The lowest BCUT2D eigenvalue weighted by molar-refractivity contribution is 0.904. The molecule has 0 aromatic carbocycles. The number of hydrogen-bond acceptors (Lipinski definition) is 3. The second-order valence-electron chi connectivity index (χ2n) is 4.39. The fraction of sp³-hybridized carbons (Fsp3) is 0.636. The zero-order valence-corrected chi connectivity index (χ0v) is 9.37. The molecule has 0 amide bonds. The number of halogens is 1. The summed E-state index contributed by atoms with van der Waals surface area (Å²) in [5, 5.41) is 0.404. The van der Waals surface area contributed by atoms with Crippen molar-refractivity contribution < 1.29 is 0 Å². The Morgan fingerprint density at radius 2 is 1.93 bits per heavy atom. The van der Waals surface area contributed by atoms with Crippen LogP contribution >= 0.6 is 11.6 Å². The fourth-order valence-corrected chi connectivity index (χ4v) is 2.30.